The van der Waals surface area contributed by atoms with E-state index in [9.17, 15) is 22.8 Å². The van der Waals surface area contributed by atoms with E-state index in [1.54, 1.807) is 0 Å². The monoisotopic (exact) mass is 569 g/mol. The van der Waals surface area contributed by atoms with Crippen LogP contribution in [0.25, 0.3) is 0 Å². The summed E-state index contributed by atoms with van der Waals surface area (Å²) in [5, 5.41) is 2.62. The third-order valence-corrected chi connectivity index (χ3v) is 13.1. The number of nitrogens with one attached hydrogen (secondary N) is 1. The second kappa shape index (κ2) is 10.5. The number of hydrogen-bond acceptors (Lipinski definition) is 6. The zero-order chi connectivity index (χ0) is 28.3. The van der Waals surface area contributed by atoms with Gasteiger partial charge in [-0.2, -0.15) is 21.0 Å². The van der Waals surface area contributed by atoms with Gasteiger partial charge in [0.25, 0.3) is 10.1 Å². The number of hydrogen-bond donors (Lipinski definition) is 3. The summed E-state index contributed by atoms with van der Waals surface area (Å²) in [5.41, 5.74) is 0.175. The number of amides is 1. The number of carbonyl (C=O) groups is 3. The zero-order valence-electron chi connectivity index (χ0n) is 23.7. The summed E-state index contributed by atoms with van der Waals surface area (Å²) in [4.78, 5) is 38.5. The second-order valence-electron chi connectivity index (χ2n) is 13.9. The van der Waals surface area contributed by atoms with Gasteiger partial charge in [0, 0.05) is 42.4 Å². The molecule has 4 aliphatic carbocycles. The first-order chi connectivity index (χ1) is 17.5. The third-order valence-electron chi connectivity index (χ3n) is 11.8. The van der Waals surface area contributed by atoms with E-state index in [0.29, 0.717) is 54.5 Å². The van der Waals surface area contributed by atoms with E-state index in [4.69, 9.17) is 17.2 Å². The molecule has 7 nitrogen and oxygen atoms in total. The maximum absolute atomic E-state index is 13.6. The zero-order valence-corrected chi connectivity index (χ0v) is 25.4. The molecule has 9 heteroatoms. The first-order valence-corrected chi connectivity index (χ1v) is 16.5. The highest BCUT2D eigenvalue weighted by Crippen LogP contribution is 2.67. The van der Waals surface area contributed by atoms with Gasteiger partial charge in [0.2, 0.25) is 5.91 Å². The molecule has 0 heterocycles. The van der Waals surface area contributed by atoms with Crippen molar-refractivity contribution in [1.29, 1.82) is 0 Å². The molecule has 0 spiro atoms. The van der Waals surface area contributed by atoms with Gasteiger partial charge in [-0.05, 0) is 85.9 Å². The lowest BCUT2D eigenvalue weighted by molar-refractivity contribution is -0.159. The number of ketones is 2. The van der Waals surface area contributed by atoms with Gasteiger partial charge >= 0.3 is 0 Å². The fourth-order valence-electron chi connectivity index (χ4n) is 9.41. The van der Waals surface area contributed by atoms with Gasteiger partial charge < -0.3 is 5.32 Å². The van der Waals surface area contributed by atoms with Crippen molar-refractivity contribution < 1.29 is 27.4 Å². The van der Waals surface area contributed by atoms with Crippen LogP contribution < -0.4 is 5.32 Å². The molecule has 0 aromatic heterocycles. The molecular formula is C29H47NO6S2. The molecule has 0 radical (unpaired) electrons. The Hall–Kier alpha value is -0.930. The highest BCUT2D eigenvalue weighted by molar-refractivity contribution is 7.85. The molecule has 10 unspecified atom stereocenters. The lowest BCUT2D eigenvalue weighted by Gasteiger charge is -2.59. The maximum atomic E-state index is 13.6. The summed E-state index contributed by atoms with van der Waals surface area (Å²) in [6.07, 6.45) is 7.77. The fourth-order valence-corrected chi connectivity index (χ4v) is 10.2. The van der Waals surface area contributed by atoms with E-state index in [1.165, 1.54) is 0 Å². The minimum absolute atomic E-state index is 0.0781. The number of rotatable bonds is 8. The van der Waals surface area contributed by atoms with Crippen LogP contribution in [0, 0.1) is 52.3 Å². The Bertz CT molecular complexity index is 1070. The largest absolute Gasteiger partial charge is 0.355 e. The van der Waals surface area contributed by atoms with Crippen molar-refractivity contribution in [2.24, 2.45) is 52.3 Å². The van der Waals surface area contributed by atoms with Crippen LogP contribution >= 0.6 is 12.6 Å². The van der Waals surface area contributed by atoms with Gasteiger partial charge in [0.15, 0.2) is 0 Å². The first kappa shape index (κ1) is 30.0. The summed E-state index contributed by atoms with van der Waals surface area (Å²) in [6.45, 7) is 10.7. The first-order valence-electron chi connectivity index (χ1n) is 14.5. The standard InChI is InChI=1S/C29H47NO6S2/c1-17(16-29(5,37)18(2)26(33)30-12-13-38(34,35)36)21-6-7-22-25-23(9-11-28(21,22)4)27(3)10-8-20(31)14-19(27)15-24(25)32/h17-19,21-23,25,37H,6-16H2,1-5H3,(H,30,33)(H,34,35,36). The Morgan fingerprint density at radius 2 is 1.76 bits per heavy atom. The van der Waals surface area contributed by atoms with Gasteiger partial charge in [0.05, 0.1) is 5.75 Å². The molecule has 0 bridgehead atoms. The minimum atomic E-state index is -4.13. The lowest BCUT2D eigenvalue weighted by atomic mass is 9.44. The summed E-state index contributed by atoms with van der Waals surface area (Å²) in [7, 11) is -4.13. The van der Waals surface area contributed by atoms with Crippen LogP contribution in [-0.4, -0.2) is 47.5 Å². The molecule has 1 amide bonds. The van der Waals surface area contributed by atoms with Crippen molar-refractivity contribution in [2.45, 2.75) is 97.2 Å². The van der Waals surface area contributed by atoms with Gasteiger partial charge in [0.1, 0.15) is 11.6 Å². The van der Waals surface area contributed by atoms with Gasteiger partial charge in [-0.1, -0.05) is 27.7 Å². The topological polar surface area (TPSA) is 118 Å². The van der Waals surface area contributed by atoms with Gasteiger partial charge in [-0.25, -0.2) is 0 Å². The lowest BCUT2D eigenvalue weighted by Crippen LogP contribution is -2.57. The molecule has 2 N–H and O–H groups in total. The Balaban J connectivity index is 1.44. The SMILES string of the molecule is CC(CC(C)(S)C(C)C(=O)NCCS(=O)(=O)O)C1CCC2C3C(=O)CC4CC(=O)CCC4(C)C3CCC12C. The Kier molecular flexibility index (Phi) is 8.28. The van der Waals surface area contributed by atoms with E-state index < -0.39 is 26.5 Å². The fraction of sp³-hybridized carbons (Fsp3) is 0.897. The van der Waals surface area contributed by atoms with E-state index in [2.05, 4.69) is 26.1 Å². The van der Waals surface area contributed by atoms with Crippen LogP contribution in [0.2, 0.25) is 0 Å². The highest BCUT2D eigenvalue weighted by atomic mass is 32.2. The molecule has 4 aliphatic rings. The van der Waals surface area contributed by atoms with Gasteiger partial charge in [-0.15, -0.1) is 0 Å². The van der Waals surface area contributed by atoms with Crippen LogP contribution in [-0.2, 0) is 24.5 Å². The average Bonchev–Trinajstić information content (AvgIpc) is 3.15. The number of Topliss-reactive ketones (excluding diaryl/α,β-unsaturated/α-hetero) is 2. The van der Waals surface area contributed by atoms with E-state index >= 15 is 0 Å². The van der Waals surface area contributed by atoms with Crippen LogP contribution in [0.4, 0.5) is 0 Å². The number of fused-ring (bicyclic) bond motifs is 5. The number of carbonyl (C=O) groups excluding carboxylic acids is 3. The Labute approximate surface area is 234 Å². The van der Waals surface area contributed by atoms with Crippen molar-refractivity contribution >= 4 is 40.2 Å². The van der Waals surface area contributed by atoms with Crippen molar-refractivity contribution in [1.82, 2.24) is 5.32 Å². The molecule has 0 saturated heterocycles. The summed E-state index contributed by atoms with van der Waals surface area (Å²) >= 11 is 4.93. The van der Waals surface area contributed by atoms with E-state index in [0.717, 1.165) is 38.5 Å². The molecule has 0 aliphatic heterocycles. The molecule has 38 heavy (non-hydrogen) atoms. The summed E-state index contributed by atoms with van der Waals surface area (Å²) < 4.78 is 30.3. The molecule has 0 aromatic rings. The summed E-state index contributed by atoms with van der Waals surface area (Å²) in [5.74, 6) is 1.34. The number of thiol groups is 1. The molecule has 4 saturated carbocycles. The van der Waals surface area contributed by atoms with E-state index in [1.807, 2.05) is 13.8 Å². The minimum Gasteiger partial charge on any atom is -0.355 e. The van der Waals surface area contributed by atoms with Crippen molar-refractivity contribution in [3.8, 4) is 0 Å². The quantitative estimate of drug-likeness (QED) is 0.287. The van der Waals surface area contributed by atoms with Crippen molar-refractivity contribution in [3.05, 3.63) is 0 Å². The predicted molar refractivity (Wildman–Crippen MR) is 150 cm³/mol. The maximum Gasteiger partial charge on any atom is 0.266 e. The normalized spacial score (nSPS) is 40.3. The van der Waals surface area contributed by atoms with Crippen LogP contribution in [0.5, 0.6) is 0 Å². The van der Waals surface area contributed by atoms with Crippen LogP contribution in [0.1, 0.15) is 92.4 Å². The molecule has 4 fully saturated rings. The second-order valence-corrected chi connectivity index (χ2v) is 16.5. The third kappa shape index (κ3) is 5.50. The van der Waals surface area contributed by atoms with Crippen LogP contribution in [0.3, 0.4) is 0 Å². The Morgan fingerprint density at radius 1 is 1.11 bits per heavy atom. The molecular weight excluding hydrogens is 522 g/mol. The Morgan fingerprint density at radius 3 is 2.42 bits per heavy atom. The summed E-state index contributed by atoms with van der Waals surface area (Å²) in [6, 6.07) is 0. The molecule has 216 valence electrons. The predicted octanol–water partition coefficient (Wildman–Crippen LogP) is 4.75. The highest BCUT2D eigenvalue weighted by Gasteiger charge is 2.63. The average molecular weight is 570 g/mol. The smallest absolute Gasteiger partial charge is 0.266 e. The van der Waals surface area contributed by atoms with Gasteiger partial charge in [-0.3, -0.25) is 18.9 Å². The van der Waals surface area contributed by atoms with Crippen LogP contribution in [0.15, 0.2) is 0 Å². The molecule has 0 aromatic carbocycles. The van der Waals surface area contributed by atoms with E-state index in [-0.39, 0.29) is 35.1 Å². The van der Waals surface area contributed by atoms with Crippen molar-refractivity contribution in [2.75, 3.05) is 12.3 Å². The van der Waals surface area contributed by atoms with Crippen molar-refractivity contribution in [3.63, 3.8) is 0 Å². The molecule has 10 atom stereocenters. The molecule has 4 rings (SSSR count).